The number of likely N-dealkylation sites (tertiary alicyclic amines) is 1. The standard InChI is InChI=1S/C37H61N5O8/c1-12-24(4)31(41(9)34(45)30(23(2)3)38-36(48)40(7)8)28(49-10)21-29(43)42-20-16-19-27(42)32(50-11)25(5)33(44)39-37(6,35(46)47)22-26-17-14-13-15-18-26/h13-15,17-18,23-25,27-28,30-32H,12,16,19-22H2,1-11H3,(H,38,48)(H,39,44)(H,46,47)/t24-,25+,27-,28+,30-,31-,32+,37-/m0/s1. The number of nitrogens with zero attached hydrogens (tertiary/aromatic N) is 3. The summed E-state index contributed by atoms with van der Waals surface area (Å²) in [6.07, 6.45) is 0.768. The molecule has 0 radical (unpaired) electrons. The zero-order valence-electron chi connectivity index (χ0n) is 31.9. The number of carboxylic acid groups (broad SMARTS) is 1. The lowest BCUT2D eigenvalue weighted by molar-refractivity contribution is -0.150. The number of ether oxygens (including phenoxy) is 2. The highest BCUT2D eigenvalue weighted by atomic mass is 16.5. The third kappa shape index (κ3) is 10.6. The second kappa shape index (κ2) is 19.1. The molecule has 50 heavy (non-hydrogen) atoms. The molecule has 1 saturated heterocycles. The Hall–Kier alpha value is -3.71. The van der Waals surface area contributed by atoms with Crippen molar-refractivity contribution in [1.29, 1.82) is 0 Å². The number of likely N-dealkylation sites (N-methyl/N-ethyl adjacent to an activating group) is 1. The molecule has 0 spiro atoms. The summed E-state index contributed by atoms with van der Waals surface area (Å²) in [5, 5.41) is 15.7. The van der Waals surface area contributed by atoms with Crippen molar-refractivity contribution in [2.75, 3.05) is 41.9 Å². The van der Waals surface area contributed by atoms with Crippen LogP contribution in [0.1, 0.15) is 72.8 Å². The van der Waals surface area contributed by atoms with Crippen LogP contribution in [-0.4, -0.2) is 127 Å². The molecule has 0 aliphatic carbocycles. The molecule has 0 aromatic heterocycles. The van der Waals surface area contributed by atoms with E-state index in [0.717, 1.165) is 12.0 Å². The Labute approximate surface area is 298 Å². The van der Waals surface area contributed by atoms with Gasteiger partial charge in [-0.1, -0.05) is 71.4 Å². The molecule has 1 fully saturated rings. The third-order valence-electron chi connectivity index (χ3n) is 10.1. The van der Waals surface area contributed by atoms with Crippen molar-refractivity contribution >= 4 is 29.7 Å². The summed E-state index contributed by atoms with van der Waals surface area (Å²) in [4.78, 5) is 71.1. The van der Waals surface area contributed by atoms with Gasteiger partial charge in [-0.25, -0.2) is 9.59 Å². The van der Waals surface area contributed by atoms with Crippen molar-refractivity contribution < 1.29 is 38.6 Å². The average Bonchev–Trinajstić information content (AvgIpc) is 3.56. The van der Waals surface area contributed by atoms with Crippen LogP contribution in [0, 0.1) is 17.8 Å². The van der Waals surface area contributed by atoms with E-state index in [9.17, 15) is 29.1 Å². The van der Waals surface area contributed by atoms with Gasteiger partial charge in [0.05, 0.1) is 36.6 Å². The van der Waals surface area contributed by atoms with Crippen LogP contribution in [0.4, 0.5) is 4.79 Å². The maximum Gasteiger partial charge on any atom is 0.329 e. The highest BCUT2D eigenvalue weighted by Gasteiger charge is 2.44. The van der Waals surface area contributed by atoms with Crippen LogP contribution in [0.2, 0.25) is 0 Å². The van der Waals surface area contributed by atoms with Gasteiger partial charge >= 0.3 is 12.0 Å². The lowest BCUT2D eigenvalue weighted by atomic mass is 9.89. The van der Waals surface area contributed by atoms with Gasteiger partial charge in [0.15, 0.2) is 0 Å². The minimum absolute atomic E-state index is 0.0127. The Kier molecular flexibility index (Phi) is 16.2. The number of hydrogen-bond donors (Lipinski definition) is 3. The molecular formula is C37H61N5O8. The molecule has 1 aromatic carbocycles. The average molecular weight is 704 g/mol. The molecule has 2 rings (SSSR count). The third-order valence-corrected chi connectivity index (χ3v) is 10.1. The monoisotopic (exact) mass is 703 g/mol. The minimum Gasteiger partial charge on any atom is -0.480 e. The Balaban J connectivity index is 2.28. The molecule has 0 unspecified atom stereocenters. The number of carbonyl (C=O) groups is 5. The molecule has 0 saturated carbocycles. The van der Waals surface area contributed by atoms with Gasteiger partial charge < -0.3 is 39.9 Å². The van der Waals surface area contributed by atoms with Crippen molar-refractivity contribution in [3.63, 3.8) is 0 Å². The first-order valence-electron chi connectivity index (χ1n) is 17.6. The number of amides is 5. The topological polar surface area (TPSA) is 158 Å². The van der Waals surface area contributed by atoms with Crippen molar-refractivity contribution in [1.82, 2.24) is 25.3 Å². The number of carbonyl (C=O) groups excluding carboxylic acids is 4. The number of hydrogen-bond acceptors (Lipinski definition) is 7. The smallest absolute Gasteiger partial charge is 0.329 e. The van der Waals surface area contributed by atoms with Crippen molar-refractivity contribution in [3.05, 3.63) is 35.9 Å². The first-order chi connectivity index (χ1) is 23.4. The molecule has 1 aliphatic heterocycles. The summed E-state index contributed by atoms with van der Waals surface area (Å²) in [5.41, 5.74) is -0.782. The molecule has 1 heterocycles. The van der Waals surface area contributed by atoms with Crippen molar-refractivity contribution in [3.8, 4) is 0 Å². The van der Waals surface area contributed by atoms with E-state index in [0.29, 0.717) is 19.4 Å². The van der Waals surface area contributed by atoms with Gasteiger partial charge in [0, 0.05) is 48.3 Å². The number of carboxylic acids is 1. The van der Waals surface area contributed by atoms with Gasteiger partial charge in [-0.3, -0.25) is 14.4 Å². The quantitative estimate of drug-likeness (QED) is 0.210. The predicted octanol–water partition coefficient (Wildman–Crippen LogP) is 3.40. The Morgan fingerprint density at radius 1 is 1.02 bits per heavy atom. The number of aliphatic carboxylic acids is 1. The number of urea groups is 1. The summed E-state index contributed by atoms with van der Waals surface area (Å²) < 4.78 is 11.8. The fraction of sp³-hybridized carbons (Fsp3) is 0.703. The van der Waals surface area contributed by atoms with E-state index in [-0.39, 0.29) is 42.5 Å². The van der Waals surface area contributed by atoms with Gasteiger partial charge in [-0.2, -0.15) is 0 Å². The molecule has 8 atom stereocenters. The van der Waals surface area contributed by atoms with Crippen LogP contribution < -0.4 is 10.6 Å². The summed E-state index contributed by atoms with van der Waals surface area (Å²) >= 11 is 0. The molecule has 1 aromatic rings. The summed E-state index contributed by atoms with van der Waals surface area (Å²) in [7, 11) is 7.94. The maximum atomic E-state index is 14.1. The normalized spacial score (nSPS) is 19.4. The van der Waals surface area contributed by atoms with Crippen LogP contribution in [0.3, 0.4) is 0 Å². The second-order valence-corrected chi connectivity index (χ2v) is 14.4. The van der Waals surface area contributed by atoms with Crippen LogP contribution in [0.25, 0.3) is 0 Å². The lowest BCUT2D eigenvalue weighted by Gasteiger charge is -2.41. The largest absolute Gasteiger partial charge is 0.480 e. The van der Waals surface area contributed by atoms with Crippen LogP contribution >= 0.6 is 0 Å². The highest BCUT2D eigenvalue weighted by Crippen LogP contribution is 2.30. The SMILES string of the molecule is CC[C@H](C)[C@@H]([C@@H](CC(=O)N1CCC[C@H]1[C@H](OC)[C@@H](C)C(=O)N[C@@](C)(Cc1ccccc1)C(=O)O)OC)N(C)C(=O)[C@@H](NC(=O)N(C)C)C(C)C. The van der Waals surface area contributed by atoms with Crippen LogP contribution in [0.5, 0.6) is 0 Å². The van der Waals surface area contributed by atoms with E-state index < -0.39 is 53.7 Å². The Morgan fingerprint density at radius 3 is 2.14 bits per heavy atom. The Morgan fingerprint density at radius 2 is 1.64 bits per heavy atom. The van der Waals surface area contributed by atoms with E-state index >= 15 is 0 Å². The highest BCUT2D eigenvalue weighted by molar-refractivity contribution is 5.89. The van der Waals surface area contributed by atoms with E-state index in [1.807, 2.05) is 58.0 Å². The summed E-state index contributed by atoms with van der Waals surface area (Å²) in [6.45, 7) is 11.4. The second-order valence-electron chi connectivity index (χ2n) is 14.4. The van der Waals surface area contributed by atoms with Gasteiger partial charge in [0.1, 0.15) is 11.6 Å². The van der Waals surface area contributed by atoms with Gasteiger partial charge in [0.2, 0.25) is 17.7 Å². The zero-order chi connectivity index (χ0) is 37.9. The zero-order valence-corrected chi connectivity index (χ0v) is 31.9. The molecule has 1 aliphatic rings. The minimum atomic E-state index is -1.56. The molecule has 282 valence electrons. The van der Waals surface area contributed by atoms with E-state index in [1.54, 1.807) is 37.9 Å². The first-order valence-corrected chi connectivity index (χ1v) is 17.6. The van der Waals surface area contributed by atoms with Gasteiger partial charge in [-0.15, -0.1) is 0 Å². The number of rotatable bonds is 18. The fourth-order valence-corrected chi connectivity index (χ4v) is 6.86. The van der Waals surface area contributed by atoms with Gasteiger partial charge in [0.25, 0.3) is 0 Å². The number of methoxy groups -OCH3 is 2. The van der Waals surface area contributed by atoms with E-state index in [1.165, 1.54) is 26.0 Å². The number of benzene rings is 1. The van der Waals surface area contributed by atoms with Crippen molar-refractivity contribution in [2.45, 2.75) is 110 Å². The van der Waals surface area contributed by atoms with E-state index in [4.69, 9.17) is 9.47 Å². The van der Waals surface area contributed by atoms with Crippen LogP contribution in [-0.2, 0) is 35.1 Å². The fourth-order valence-electron chi connectivity index (χ4n) is 6.86. The van der Waals surface area contributed by atoms with E-state index in [2.05, 4.69) is 10.6 Å². The molecule has 3 N–H and O–H groups in total. The molecule has 13 nitrogen and oxygen atoms in total. The number of nitrogens with one attached hydrogen (secondary N) is 2. The predicted molar refractivity (Wildman–Crippen MR) is 191 cm³/mol. The Bertz CT molecular complexity index is 1290. The maximum absolute atomic E-state index is 14.1. The molecular weight excluding hydrogens is 642 g/mol. The molecule has 5 amide bonds. The molecule has 13 heteroatoms. The summed E-state index contributed by atoms with van der Waals surface area (Å²) in [5.74, 6) is -3.09. The molecule has 0 bridgehead atoms. The van der Waals surface area contributed by atoms with Crippen LogP contribution in [0.15, 0.2) is 30.3 Å². The summed E-state index contributed by atoms with van der Waals surface area (Å²) in [6, 6.07) is 7.06. The van der Waals surface area contributed by atoms with Gasteiger partial charge in [-0.05, 0) is 37.2 Å². The van der Waals surface area contributed by atoms with Crippen molar-refractivity contribution in [2.24, 2.45) is 17.8 Å². The first kappa shape index (κ1) is 42.5. The lowest BCUT2D eigenvalue weighted by Crippen LogP contribution is -2.59.